The van der Waals surface area contributed by atoms with Crippen LogP contribution < -0.4 is 21.2 Å². The summed E-state index contributed by atoms with van der Waals surface area (Å²) >= 11 is 0.0479. The predicted octanol–water partition coefficient (Wildman–Crippen LogP) is 0.753. The number of halogens is 4. The van der Waals surface area contributed by atoms with Crippen LogP contribution in [0.2, 0.25) is 0 Å². The molecule has 0 spiro atoms. The van der Waals surface area contributed by atoms with Gasteiger partial charge in [0.2, 0.25) is 0 Å². The van der Waals surface area contributed by atoms with Crippen LogP contribution in [0.25, 0.3) is 0 Å². The second-order valence-corrected chi connectivity index (χ2v) is 8.31. The minimum atomic E-state index is -6.09. The number of alkyl halides is 3. The third kappa shape index (κ3) is 8.46. The molecule has 0 fully saturated rings. The molecule has 0 heterocycles. The van der Waals surface area contributed by atoms with Crippen LogP contribution in [-0.2, 0) is 16.5 Å². The summed E-state index contributed by atoms with van der Waals surface area (Å²) < 4.78 is 62.7. The molecule has 2 aromatic rings. The van der Waals surface area contributed by atoms with E-state index in [-0.39, 0.29) is 21.2 Å². The van der Waals surface area contributed by atoms with Crippen LogP contribution in [0.4, 0.5) is 13.2 Å². The van der Waals surface area contributed by atoms with Crippen molar-refractivity contribution in [1.29, 1.82) is 0 Å². The summed E-state index contributed by atoms with van der Waals surface area (Å²) in [6.07, 6.45) is 3.34. The average Bonchev–Trinajstić information content (AvgIpc) is 2.52. The molecule has 0 aromatic heterocycles. The topological polar surface area (TPSA) is 57.2 Å². The highest BCUT2D eigenvalue weighted by atomic mass is 127. The highest BCUT2D eigenvalue weighted by Gasteiger charge is 2.36. The Morgan fingerprint density at radius 3 is 1.88 bits per heavy atom. The van der Waals surface area contributed by atoms with Crippen LogP contribution in [0.3, 0.4) is 0 Å². The number of hydrogen-bond acceptors (Lipinski definition) is 3. The van der Waals surface area contributed by atoms with Gasteiger partial charge < -0.3 is 4.55 Å². The Balaban J connectivity index is 0.000000307. The Morgan fingerprint density at radius 1 is 0.958 bits per heavy atom. The smallest absolute Gasteiger partial charge is 0.485 e. The van der Waals surface area contributed by atoms with Crippen molar-refractivity contribution in [3.05, 3.63) is 80.0 Å². The van der Waals surface area contributed by atoms with Crippen molar-refractivity contribution in [1.82, 2.24) is 0 Å². The lowest BCUT2D eigenvalue weighted by Crippen LogP contribution is -3.59. The Morgan fingerprint density at radius 2 is 1.42 bits per heavy atom. The second-order valence-electron chi connectivity index (χ2n) is 4.36. The fourth-order valence-electron chi connectivity index (χ4n) is 1.40. The molecule has 130 valence electrons. The molecule has 0 aliphatic rings. The maximum absolute atomic E-state index is 10.7. The first-order chi connectivity index (χ1) is 11.2. The van der Waals surface area contributed by atoms with Crippen molar-refractivity contribution in [2.24, 2.45) is 0 Å². The molecule has 2 aromatic carbocycles. The minimum Gasteiger partial charge on any atom is -0.741 e. The first kappa shape index (κ1) is 20.7. The molecule has 0 bridgehead atoms. The molecular formula is C16H14F3IO3S. The summed E-state index contributed by atoms with van der Waals surface area (Å²) in [6, 6.07) is 21.3. The molecule has 0 saturated carbocycles. The van der Waals surface area contributed by atoms with E-state index in [2.05, 4.69) is 70.8 Å². The minimum absolute atomic E-state index is 0.0479. The lowest BCUT2D eigenvalue weighted by molar-refractivity contribution is -0.557. The summed E-state index contributed by atoms with van der Waals surface area (Å²) in [5, 5.41) is 0. The van der Waals surface area contributed by atoms with Crippen LogP contribution in [-0.4, -0.2) is 18.5 Å². The lowest BCUT2D eigenvalue weighted by Gasteiger charge is -2.08. The van der Waals surface area contributed by atoms with Gasteiger partial charge >= 0.3 is 26.7 Å². The maximum Gasteiger partial charge on any atom is 0.485 e. The van der Waals surface area contributed by atoms with Gasteiger partial charge in [0.25, 0.3) is 0 Å². The lowest BCUT2D eigenvalue weighted by atomic mass is 10.2. The number of allylic oxidation sites excluding steroid dienone is 1. The number of benzene rings is 2. The third-order valence-electron chi connectivity index (χ3n) is 2.49. The zero-order chi connectivity index (χ0) is 18.1. The van der Waals surface area contributed by atoms with Gasteiger partial charge in [-0.15, -0.1) is 0 Å². The van der Waals surface area contributed by atoms with Crippen LogP contribution >= 0.6 is 0 Å². The van der Waals surface area contributed by atoms with E-state index in [0.29, 0.717) is 0 Å². The molecule has 0 saturated heterocycles. The van der Waals surface area contributed by atoms with Gasteiger partial charge in [0, 0.05) is 0 Å². The summed E-state index contributed by atoms with van der Waals surface area (Å²) in [5.74, 6) is 0. The van der Waals surface area contributed by atoms with E-state index in [1.807, 2.05) is 0 Å². The van der Waals surface area contributed by atoms with Gasteiger partial charge in [-0.1, -0.05) is 48.5 Å². The van der Waals surface area contributed by atoms with Crippen LogP contribution in [0.5, 0.6) is 0 Å². The van der Waals surface area contributed by atoms with Crippen LogP contribution in [0, 0.1) is 3.57 Å². The zero-order valence-electron chi connectivity index (χ0n) is 12.3. The highest BCUT2D eigenvalue weighted by molar-refractivity contribution is 7.86. The van der Waals surface area contributed by atoms with E-state index in [4.69, 9.17) is 13.0 Å². The van der Waals surface area contributed by atoms with Gasteiger partial charge in [0.1, 0.15) is 0 Å². The Hall–Kier alpha value is -1.39. The van der Waals surface area contributed by atoms with Crippen molar-refractivity contribution < 1.29 is 47.3 Å². The Bertz CT molecular complexity index is 687. The largest absolute Gasteiger partial charge is 0.741 e. The average molecular weight is 470 g/mol. The van der Waals surface area contributed by atoms with E-state index in [0.717, 1.165) is 6.42 Å². The van der Waals surface area contributed by atoms with E-state index in [1.165, 1.54) is 9.13 Å². The monoisotopic (exact) mass is 470 g/mol. The van der Waals surface area contributed by atoms with Gasteiger partial charge in [0.15, 0.2) is 17.8 Å². The highest BCUT2D eigenvalue weighted by Crippen LogP contribution is 2.20. The first-order valence-corrected chi connectivity index (χ1v) is 10.3. The first-order valence-electron chi connectivity index (χ1n) is 6.59. The summed E-state index contributed by atoms with van der Waals surface area (Å²) in [7, 11) is -6.09. The molecule has 0 unspecified atom stereocenters. The third-order valence-corrected chi connectivity index (χ3v) is 5.36. The zero-order valence-corrected chi connectivity index (χ0v) is 15.3. The van der Waals surface area contributed by atoms with Crippen molar-refractivity contribution in [3.8, 4) is 0 Å². The van der Waals surface area contributed by atoms with E-state index >= 15 is 0 Å². The molecule has 3 nitrogen and oxygen atoms in total. The fourth-order valence-corrected chi connectivity index (χ4v) is 3.15. The van der Waals surface area contributed by atoms with Crippen molar-refractivity contribution in [2.75, 3.05) is 0 Å². The standard InChI is InChI=1S/C15H14I.CHF3O3S/c1-3-8-14(9-4-1)10-7-13-16-15-11-5-2-6-12-15;2-1(3,4)8(5,6)7/h1-9,11-13H,10H2;(H,5,6,7)/q+1;/p-1/b13-7+;. The molecule has 24 heavy (non-hydrogen) atoms. The van der Waals surface area contributed by atoms with Gasteiger partial charge in [-0.3, -0.25) is 0 Å². The van der Waals surface area contributed by atoms with Gasteiger partial charge in [-0.25, -0.2) is 8.42 Å². The van der Waals surface area contributed by atoms with Gasteiger partial charge in [-0.2, -0.15) is 13.2 Å². The summed E-state index contributed by atoms with van der Waals surface area (Å²) in [4.78, 5) is 0. The van der Waals surface area contributed by atoms with Crippen molar-refractivity contribution in [2.45, 2.75) is 11.9 Å². The number of hydrogen-bond donors (Lipinski definition) is 0. The number of rotatable bonds is 4. The van der Waals surface area contributed by atoms with Crippen molar-refractivity contribution >= 4 is 10.1 Å². The molecule has 0 atom stereocenters. The van der Waals surface area contributed by atoms with Crippen LogP contribution in [0.1, 0.15) is 5.56 Å². The fraction of sp³-hybridized carbons (Fsp3) is 0.125. The maximum atomic E-state index is 10.7. The Labute approximate surface area is 149 Å². The van der Waals surface area contributed by atoms with E-state index in [1.54, 1.807) is 0 Å². The van der Waals surface area contributed by atoms with Gasteiger partial charge in [0.05, 0.1) is 0 Å². The molecule has 0 aliphatic heterocycles. The quantitative estimate of drug-likeness (QED) is 0.377. The summed E-state index contributed by atoms with van der Waals surface area (Å²) in [6.45, 7) is 0. The normalized spacial score (nSPS) is 11.8. The van der Waals surface area contributed by atoms with E-state index in [9.17, 15) is 13.2 Å². The predicted molar refractivity (Wildman–Crippen MR) is 80.2 cm³/mol. The molecule has 0 amide bonds. The molecule has 0 aliphatic carbocycles. The molecule has 0 radical (unpaired) electrons. The molecule has 0 N–H and O–H groups in total. The molecular weight excluding hydrogens is 456 g/mol. The summed E-state index contributed by atoms with van der Waals surface area (Å²) in [5.41, 5.74) is -4.26. The second kappa shape index (κ2) is 9.80. The van der Waals surface area contributed by atoms with E-state index < -0.39 is 15.6 Å². The Kier molecular flexibility index (Phi) is 8.43. The molecule has 8 heteroatoms. The van der Waals surface area contributed by atoms with Gasteiger partial charge in [-0.05, 0) is 30.2 Å². The SMILES string of the molecule is C(=C\[I+]c1ccccc1)/Cc1ccccc1.O=S(=O)([O-])C(F)(F)F. The molecule has 2 rings (SSSR count). The van der Waals surface area contributed by atoms with Crippen molar-refractivity contribution in [3.63, 3.8) is 0 Å². The van der Waals surface area contributed by atoms with Crippen LogP contribution in [0.15, 0.2) is 70.8 Å².